The number of aromatic amines is 1. The molecule has 0 radical (unpaired) electrons. The van der Waals surface area contributed by atoms with Crippen LogP contribution in [0.1, 0.15) is 28.9 Å². The molecule has 2 heterocycles. The Hall–Kier alpha value is -4.08. The monoisotopic (exact) mass is 482 g/mol. The van der Waals surface area contributed by atoms with E-state index in [1.165, 1.54) is 6.07 Å². The first kappa shape index (κ1) is 24.1. The van der Waals surface area contributed by atoms with Crippen molar-refractivity contribution in [1.29, 1.82) is 0 Å². The SMILES string of the molecule is O=C[C@H](C[C@@H]1CCNC1=O)NC(=O)[C@H](Cc1ccccc1)NC(=O)c1cc2cc(F)cc(F)c2[nH]1. The number of carbonyl (C=O) groups is 4. The van der Waals surface area contributed by atoms with Gasteiger partial charge in [0.25, 0.3) is 5.91 Å². The summed E-state index contributed by atoms with van der Waals surface area (Å²) in [5.41, 5.74) is 0.678. The van der Waals surface area contributed by atoms with Crippen LogP contribution >= 0.6 is 0 Å². The number of carbonyl (C=O) groups excluding carboxylic acids is 4. The molecule has 0 spiro atoms. The number of fused-ring (bicyclic) bond motifs is 1. The lowest BCUT2D eigenvalue weighted by Gasteiger charge is -2.22. The summed E-state index contributed by atoms with van der Waals surface area (Å²) in [5, 5.41) is 8.09. The molecule has 0 aliphatic carbocycles. The van der Waals surface area contributed by atoms with Gasteiger partial charge in [0.2, 0.25) is 11.8 Å². The van der Waals surface area contributed by atoms with Crippen LogP contribution in [0, 0.1) is 17.6 Å². The first-order valence-electron chi connectivity index (χ1n) is 11.2. The van der Waals surface area contributed by atoms with Crippen molar-refractivity contribution in [2.45, 2.75) is 31.3 Å². The second-order valence-corrected chi connectivity index (χ2v) is 8.51. The van der Waals surface area contributed by atoms with Crippen molar-refractivity contribution in [1.82, 2.24) is 20.9 Å². The molecule has 1 aliphatic heterocycles. The van der Waals surface area contributed by atoms with Crippen molar-refractivity contribution < 1.29 is 28.0 Å². The Labute approximate surface area is 199 Å². The van der Waals surface area contributed by atoms with Crippen LogP contribution in [0.15, 0.2) is 48.5 Å². The van der Waals surface area contributed by atoms with Gasteiger partial charge in [-0.15, -0.1) is 0 Å². The van der Waals surface area contributed by atoms with E-state index in [0.717, 1.165) is 11.6 Å². The Morgan fingerprint density at radius 3 is 2.57 bits per heavy atom. The predicted octanol–water partition coefficient (Wildman–Crippen LogP) is 2.00. The molecule has 0 saturated carbocycles. The third kappa shape index (κ3) is 5.71. The molecule has 3 aromatic rings. The van der Waals surface area contributed by atoms with E-state index < -0.39 is 35.5 Å². The van der Waals surface area contributed by atoms with Crippen LogP contribution in [0.3, 0.4) is 0 Å². The van der Waals surface area contributed by atoms with E-state index in [-0.39, 0.29) is 41.3 Å². The largest absolute Gasteiger partial charge is 0.356 e. The molecule has 0 unspecified atom stereocenters. The third-order valence-electron chi connectivity index (χ3n) is 5.99. The molecule has 1 saturated heterocycles. The van der Waals surface area contributed by atoms with Crippen LogP contribution in [0.2, 0.25) is 0 Å². The van der Waals surface area contributed by atoms with E-state index in [9.17, 15) is 28.0 Å². The average Bonchev–Trinajstić information content (AvgIpc) is 3.45. The number of H-pyrrole nitrogens is 1. The van der Waals surface area contributed by atoms with Crippen LogP contribution in [-0.4, -0.2) is 47.6 Å². The Kier molecular flexibility index (Phi) is 7.19. The van der Waals surface area contributed by atoms with Crippen molar-refractivity contribution in [2.24, 2.45) is 5.92 Å². The van der Waals surface area contributed by atoms with E-state index in [1.54, 1.807) is 24.3 Å². The Bertz CT molecular complexity index is 1260. The number of amides is 3. The van der Waals surface area contributed by atoms with E-state index in [4.69, 9.17) is 0 Å². The van der Waals surface area contributed by atoms with E-state index in [1.807, 2.05) is 6.07 Å². The van der Waals surface area contributed by atoms with Gasteiger partial charge in [0.15, 0.2) is 0 Å². The third-order valence-corrected chi connectivity index (χ3v) is 5.99. The van der Waals surface area contributed by atoms with Gasteiger partial charge in [-0.25, -0.2) is 8.78 Å². The summed E-state index contributed by atoms with van der Waals surface area (Å²) in [7, 11) is 0. The lowest BCUT2D eigenvalue weighted by Crippen LogP contribution is -2.51. The number of halogens is 2. The highest BCUT2D eigenvalue weighted by atomic mass is 19.1. The highest BCUT2D eigenvalue weighted by Gasteiger charge is 2.30. The quantitative estimate of drug-likeness (QED) is 0.349. The number of nitrogens with one attached hydrogen (secondary N) is 4. The van der Waals surface area contributed by atoms with Crippen molar-refractivity contribution in [3.63, 3.8) is 0 Å². The maximum atomic E-state index is 14.1. The summed E-state index contributed by atoms with van der Waals surface area (Å²) >= 11 is 0. The average molecular weight is 482 g/mol. The minimum atomic E-state index is -1.07. The van der Waals surface area contributed by atoms with Gasteiger partial charge in [-0.1, -0.05) is 30.3 Å². The molecule has 1 aromatic heterocycles. The molecule has 0 bridgehead atoms. The zero-order valence-electron chi connectivity index (χ0n) is 18.6. The van der Waals surface area contributed by atoms with Gasteiger partial charge in [-0.05, 0) is 30.5 Å². The zero-order chi connectivity index (χ0) is 24.9. The Morgan fingerprint density at radius 2 is 1.89 bits per heavy atom. The van der Waals surface area contributed by atoms with Gasteiger partial charge in [0.05, 0.1) is 11.6 Å². The van der Waals surface area contributed by atoms with Crippen molar-refractivity contribution in [2.75, 3.05) is 6.54 Å². The fraction of sp³-hybridized carbons (Fsp3) is 0.280. The summed E-state index contributed by atoms with van der Waals surface area (Å²) < 4.78 is 27.6. The van der Waals surface area contributed by atoms with Crippen LogP contribution in [0.25, 0.3) is 10.9 Å². The fourth-order valence-corrected chi connectivity index (χ4v) is 4.19. The number of hydrogen-bond donors (Lipinski definition) is 4. The minimum absolute atomic E-state index is 0.0310. The molecule has 182 valence electrons. The molecule has 1 fully saturated rings. The Balaban J connectivity index is 1.52. The van der Waals surface area contributed by atoms with Crippen LogP contribution < -0.4 is 16.0 Å². The highest BCUT2D eigenvalue weighted by Crippen LogP contribution is 2.21. The summed E-state index contributed by atoms with van der Waals surface area (Å²) in [6.45, 7) is 0.519. The van der Waals surface area contributed by atoms with Gasteiger partial charge >= 0.3 is 0 Å². The zero-order valence-corrected chi connectivity index (χ0v) is 18.6. The van der Waals surface area contributed by atoms with Crippen molar-refractivity contribution in [3.8, 4) is 0 Å². The molecule has 4 rings (SSSR count). The molecule has 1 aliphatic rings. The molecule has 3 atom stereocenters. The number of rotatable bonds is 9. The molecule has 35 heavy (non-hydrogen) atoms. The molecule has 4 N–H and O–H groups in total. The lowest BCUT2D eigenvalue weighted by molar-refractivity contribution is -0.127. The second-order valence-electron chi connectivity index (χ2n) is 8.51. The molecular weight excluding hydrogens is 458 g/mol. The maximum Gasteiger partial charge on any atom is 0.268 e. The lowest BCUT2D eigenvalue weighted by atomic mass is 9.98. The molecule has 10 heteroatoms. The minimum Gasteiger partial charge on any atom is -0.356 e. The van der Waals surface area contributed by atoms with E-state index in [0.29, 0.717) is 25.3 Å². The summed E-state index contributed by atoms with van der Waals surface area (Å²) in [5.74, 6) is -3.47. The Morgan fingerprint density at radius 1 is 1.11 bits per heavy atom. The van der Waals surface area contributed by atoms with Crippen molar-refractivity contribution >= 4 is 34.9 Å². The standard InChI is InChI=1S/C25H24F2N4O4/c26-17-9-16-11-21(30-22(16)19(27)12-17)25(35)31-20(8-14-4-2-1-3-5-14)24(34)29-18(13-32)10-15-6-7-28-23(15)33/h1-5,9,11-13,15,18,20,30H,6-8,10H2,(H,28,33)(H,29,34)(H,31,35)/t15-,18-,20-/m0/s1. The van der Waals surface area contributed by atoms with Gasteiger partial charge in [-0.3, -0.25) is 14.4 Å². The van der Waals surface area contributed by atoms with E-state index in [2.05, 4.69) is 20.9 Å². The summed E-state index contributed by atoms with van der Waals surface area (Å²) in [6, 6.07) is 10.1. The summed E-state index contributed by atoms with van der Waals surface area (Å²) in [4.78, 5) is 52.1. The number of benzene rings is 2. The summed E-state index contributed by atoms with van der Waals surface area (Å²) in [6.07, 6.45) is 1.41. The fourth-order valence-electron chi connectivity index (χ4n) is 4.19. The van der Waals surface area contributed by atoms with Gasteiger partial charge < -0.3 is 25.7 Å². The maximum absolute atomic E-state index is 14.1. The molecule has 3 amide bonds. The molecule has 8 nitrogen and oxygen atoms in total. The highest BCUT2D eigenvalue weighted by molar-refractivity contribution is 6.00. The first-order valence-corrected chi connectivity index (χ1v) is 11.2. The van der Waals surface area contributed by atoms with E-state index >= 15 is 0 Å². The second kappa shape index (κ2) is 10.5. The molecular formula is C25H24F2N4O4. The number of hydrogen-bond acceptors (Lipinski definition) is 4. The van der Waals surface area contributed by atoms with Gasteiger partial charge in [-0.2, -0.15) is 0 Å². The first-order chi connectivity index (χ1) is 16.8. The van der Waals surface area contributed by atoms with Gasteiger partial charge in [0.1, 0.15) is 29.7 Å². The van der Waals surface area contributed by atoms with Gasteiger partial charge in [0, 0.05) is 30.3 Å². The van der Waals surface area contributed by atoms with Crippen LogP contribution in [0.5, 0.6) is 0 Å². The van der Waals surface area contributed by atoms with Crippen molar-refractivity contribution in [3.05, 3.63) is 71.4 Å². The molecule has 2 aromatic carbocycles. The van der Waals surface area contributed by atoms with Crippen LogP contribution in [-0.2, 0) is 20.8 Å². The normalized spacial score (nSPS) is 17.0. The number of aldehydes is 1. The predicted molar refractivity (Wildman–Crippen MR) is 123 cm³/mol. The smallest absolute Gasteiger partial charge is 0.268 e. The number of aromatic nitrogens is 1. The topological polar surface area (TPSA) is 120 Å². The van der Waals surface area contributed by atoms with Crippen LogP contribution in [0.4, 0.5) is 8.78 Å².